The number of amides is 2. The zero-order chi connectivity index (χ0) is 7.40. The van der Waals surface area contributed by atoms with Crippen LogP contribution in [0, 0.1) is 12.3 Å². The van der Waals surface area contributed by atoms with Crippen molar-refractivity contribution < 1.29 is 4.79 Å². The maximum Gasteiger partial charge on any atom is 0.318 e. The van der Waals surface area contributed by atoms with E-state index in [-0.39, 0.29) is 6.03 Å². The van der Waals surface area contributed by atoms with Crippen molar-refractivity contribution >= 4 is 6.03 Å². The number of hydrogen-bond donors (Lipinski definition) is 1. The Morgan fingerprint density at radius 2 is 2.40 bits per heavy atom. The minimum Gasteiger partial charge on any atom is -0.327 e. The smallest absolute Gasteiger partial charge is 0.318 e. The first kappa shape index (κ1) is 6.94. The lowest BCUT2D eigenvalue weighted by molar-refractivity contribution is 0.169. The maximum atomic E-state index is 10.9. The molecular weight excluding hydrogens is 128 g/mol. The van der Waals surface area contributed by atoms with E-state index in [1.165, 1.54) is 0 Å². The summed E-state index contributed by atoms with van der Waals surface area (Å²) in [5, 5.41) is 2.59. The van der Waals surface area contributed by atoms with Crippen LogP contribution in [-0.2, 0) is 0 Å². The van der Waals surface area contributed by atoms with Crippen LogP contribution >= 0.6 is 0 Å². The van der Waals surface area contributed by atoms with Gasteiger partial charge in [0.1, 0.15) is 0 Å². The number of nitrogens with zero attached hydrogens (tertiary/aromatic N) is 1. The van der Waals surface area contributed by atoms with E-state index in [9.17, 15) is 4.79 Å². The maximum absolute atomic E-state index is 10.9. The molecule has 0 aromatic rings. The van der Waals surface area contributed by atoms with Gasteiger partial charge in [0.25, 0.3) is 0 Å². The fourth-order valence-electron chi connectivity index (χ4n) is 0.758. The zero-order valence-corrected chi connectivity index (χ0v) is 5.76. The Bertz CT molecular complexity index is 167. The Kier molecular flexibility index (Phi) is 2.16. The van der Waals surface area contributed by atoms with E-state index < -0.39 is 0 Å². The third kappa shape index (κ3) is 1.41. The molecule has 54 valence electrons. The molecule has 1 aliphatic heterocycles. The molecule has 1 saturated heterocycles. The van der Waals surface area contributed by atoms with Gasteiger partial charge >= 0.3 is 6.03 Å². The average molecular weight is 138 g/mol. The zero-order valence-electron chi connectivity index (χ0n) is 5.76. The van der Waals surface area contributed by atoms with Crippen molar-refractivity contribution in [2.45, 2.75) is 6.42 Å². The third-order valence-electron chi connectivity index (χ3n) is 1.48. The molecule has 3 nitrogen and oxygen atoms in total. The Labute approximate surface area is 60.4 Å². The topological polar surface area (TPSA) is 32.3 Å². The van der Waals surface area contributed by atoms with Crippen LogP contribution in [0.15, 0.2) is 0 Å². The van der Waals surface area contributed by atoms with Crippen LogP contribution in [0.3, 0.4) is 0 Å². The summed E-state index contributed by atoms with van der Waals surface area (Å²) >= 11 is 0. The van der Waals surface area contributed by atoms with Crippen LogP contribution in [0.2, 0.25) is 0 Å². The highest BCUT2D eigenvalue weighted by Gasteiger charge is 2.18. The molecule has 0 bridgehead atoms. The second-order valence-electron chi connectivity index (χ2n) is 2.20. The molecule has 1 heterocycles. The molecule has 1 aliphatic rings. The summed E-state index contributed by atoms with van der Waals surface area (Å²) in [7, 11) is 0. The first-order valence-electron chi connectivity index (χ1n) is 3.31. The van der Waals surface area contributed by atoms with E-state index in [0.29, 0.717) is 6.54 Å². The highest BCUT2D eigenvalue weighted by molar-refractivity contribution is 5.75. The van der Waals surface area contributed by atoms with Gasteiger partial charge < -0.3 is 10.2 Å². The molecule has 10 heavy (non-hydrogen) atoms. The van der Waals surface area contributed by atoms with Crippen LogP contribution in [-0.4, -0.2) is 30.6 Å². The van der Waals surface area contributed by atoms with E-state index in [0.717, 1.165) is 19.5 Å². The largest absolute Gasteiger partial charge is 0.327 e. The Hall–Kier alpha value is -1.17. The predicted octanol–water partition coefficient (Wildman–Crippen LogP) is 0.0349. The monoisotopic (exact) mass is 138 g/mol. The number of urea groups is 1. The molecule has 0 radical (unpaired) electrons. The van der Waals surface area contributed by atoms with Crippen LogP contribution in [0.1, 0.15) is 6.42 Å². The molecule has 2 amide bonds. The standard InChI is InChI=1S/C7H10N2O/c1-2-4-8-7(10)9-5-3-6-9/h1H,3-6H2,(H,8,10). The summed E-state index contributed by atoms with van der Waals surface area (Å²) in [6.45, 7) is 2.07. The molecule has 0 atom stereocenters. The molecule has 3 heteroatoms. The molecule has 0 aliphatic carbocycles. The number of likely N-dealkylation sites (tertiary alicyclic amines) is 1. The number of hydrogen-bond acceptors (Lipinski definition) is 1. The molecular formula is C7H10N2O. The van der Waals surface area contributed by atoms with E-state index in [1.807, 2.05) is 0 Å². The molecule has 0 aromatic carbocycles. The van der Waals surface area contributed by atoms with Crippen molar-refractivity contribution in [3.63, 3.8) is 0 Å². The number of terminal acetylenes is 1. The molecule has 0 saturated carbocycles. The summed E-state index contributed by atoms with van der Waals surface area (Å²) in [6, 6.07) is -0.0378. The minimum atomic E-state index is -0.0378. The highest BCUT2D eigenvalue weighted by atomic mass is 16.2. The summed E-state index contributed by atoms with van der Waals surface area (Å²) in [5.41, 5.74) is 0. The van der Waals surface area contributed by atoms with Gasteiger partial charge in [-0.05, 0) is 6.42 Å². The van der Waals surface area contributed by atoms with Gasteiger partial charge in [0.05, 0.1) is 6.54 Å². The van der Waals surface area contributed by atoms with Gasteiger partial charge in [0, 0.05) is 13.1 Å². The molecule has 0 unspecified atom stereocenters. The van der Waals surface area contributed by atoms with Crippen LogP contribution in [0.4, 0.5) is 4.79 Å². The van der Waals surface area contributed by atoms with Crippen molar-refractivity contribution in [3.8, 4) is 12.3 Å². The minimum absolute atomic E-state index is 0.0378. The quantitative estimate of drug-likeness (QED) is 0.509. The molecule has 0 aromatic heterocycles. The Balaban J connectivity index is 2.15. The van der Waals surface area contributed by atoms with Gasteiger partial charge in [0.2, 0.25) is 0 Å². The molecule has 1 rings (SSSR count). The van der Waals surface area contributed by atoms with Crippen LogP contribution in [0.5, 0.6) is 0 Å². The van der Waals surface area contributed by atoms with Gasteiger partial charge in [-0.3, -0.25) is 0 Å². The van der Waals surface area contributed by atoms with Crippen molar-refractivity contribution in [1.82, 2.24) is 10.2 Å². The second kappa shape index (κ2) is 3.11. The molecule has 1 N–H and O–H groups in total. The summed E-state index contributed by atoms with van der Waals surface area (Å²) in [6.07, 6.45) is 6.07. The third-order valence-corrected chi connectivity index (χ3v) is 1.48. The van der Waals surface area contributed by atoms with Gasteiger partial charge in [-0.15, -0.1) is 6.42 Å². The van der Waals surface area contributed by atoms with Crippen molar-refractivity contribution in [3.05, 3.63) is 0 Å². The van der Waals surface area contributed by atoms with Crippen LogP contribution in [0.25, 0.3) is 0 Å². The lowest BCUT2D eigenvalue weighted by atomic mass is 10.2. The SMILES string of the molecule is C#CCNC(=O)N1CCC1. The first-order chi connectivity index (χ1) is 4.84. The Morgan fingerprint density at radius 1 is 1.70 bits per heavy atom. The normalized spacial score (nSPS) is 15.3. The van der Waals surface area contributed by atoms with Crippen LogP contribution < -0.4 is 5.32 Å². The highest BCUT2D eigenvalue weighted by Crippen LogP contribution is 2.04. The summed E-state index contributed by atoms with van der Waals surface area (Å²) in [4.78, 5) is 12.6. The summed E-state index contributed by atoms with van der Waals surface area (Å²) in [5.74, 6) is 2.34. The van der Waals surface area contributed by atoms with Gasteiger partial charge in [0.15, 0.2) is 0 Å². The van der Waals surface area contributed by atoms with Crippen molar-refractivity contribution in [2.24, 2.45) is 0 Å². The average Bonchev–Trinajstić information content (AvgIpc) is 1.79. The fraction of sp³-hybridized carbons (Fsp3) is 0.571. The lowest BCUT2D eigenvalue weighted by Crippen LogP contribution is -2.47. The molecule has 0 spiro atoms. The number of carbonyl (C=O) groups is 1. The van der Waals surface area contributed by atoms with E-state index in [2.05, 4.69) is 11.2 Å². The van der Waals surface area contributed by atoms with Gasteiger partial charge in [-0.2, -0.15) is 0 Å². The lowest BCUT2D eigenvalue weighted by Gasteiger charge is -2.30. The first-order valence-corrected chi connectivity index (χ1v) is 3.31. The van der Waals surface area contributed by atoms with Crippen molar-refractivity contribution in [2.75, 3.05) is 19.6 Å². The molecule has 1 fully saturated rings. The predicted molar refractivity (Wildman–Crippen MR) is 38.4 cm³/mol. The van der Waals surface area contributed by atoms with Gasteiger partial charge in [-0.1, -0.05) is 5.92 Å². The number of carbonyl (C=O) groups excluding carboxylic acids is 1. The van der Waals surface area contributed by atoms with E-state index >= 15 is 0 Å². The van der Waals surface area contributed by atoms with Crippen molar-refractivity contribution in [1.29, 1.82) is 0 Å². The number of rotatable bonds is 1. The number of nitrogens with one attached hydrogen (secondary N) is 1. The fourth-order valence-corrected chi connectivity index (χ4v) is 0.758. The van der Waals surface area contributed by atoms with E-state index in [1.54, 1.807) is 4.90 Å². The summed E-state index contributed by atoms with van der Waals surface area (Å²) < 4.78 is 0. The van der Waals surface area contributed by atoms with Gasteiger partial charge in [-0.25, -0.2) is 4.79 Å². The van der Waals surface area contributed by atoms with E-state index in [4.69, 9.17) is 6.42 Å². The second-order valence-corrected chi connectivity index (χ2v) is 2.20. The Morgan fingerprint density at radius 3 is 2.80 bits per heavy atom.